The van der Waals surface area contributed by atoms with E-state index < -0.39 is 11.5 Å². The average Bonchev–Trinajstić information content (AvgIpc) is 2.96. The lowest BCUT2D eigenvalue weighted by atomic mass is 9.87. The molecule has 0 aliphatic heterocycles. The Morgan fingerprint density at radius 2 is 0.561 bits per heavy atom. The number of hydrogen-bond donors (Lipinski definition) is 2. The molecule has 0 heterocycles. The van der Waals surface area contributed by atoms with Gasteiger partial charge in [-0.15, -0.1) is 0 Å². The van der Waals surface area contributed by atoms with Gasteiger partial charge in [0.05, 0.1) is 0 Å². The third-order valence-corrected chi connectivity index (χ3v) is 9.38. The first-order chi connectivity index (χ1) is 20.1. The predicted molar refractivity (Wildman–Crippen MR) is 183 cm³/mol. The summed E-state index contributed by atoms with van der Waals surface area (Å²) in [5.41, 5.74) is 5.35. The second-order valence-corrected chi connectivity index (χ2v) is 13.6. The highest BCUT2D eigenvalue weighted by molar-refractivity contribution is 5.78. The highest BCUT2D eigenvalue weighted by atomic mass is 16.4. The third kappa shape index (κ3) is 29.3. The van der Waals surface area contributed by atoms with Crippen molar-refractivity contribution in [2.45, 2.75) is 238 Å². The molecule has 3 N–H and O–H groups in total. The first-order valence-corrected chi connectivity index (χ1v) is 19.1. The van der Waals surface area contributed by atoms with Gasteiger partial charge in [-0.3, -0.25) is 4.79 Å². The molecule has 0 rings (SSSR count). The van der Waals surface area contributed by atoms with Gasteiger partial charge >= 0.3 is 5.97 Å². The van der Waals surface area contributed by atoms with Crippen molar-refractivity contribution >= 4 is 5.97 Å². The van der Waals surface area contributed by atoms with Gasteiger partial charge in [0.2, 0.25) is 0 Å². The molecule has 0 saturated heterocycles. The monoisotopic (exact) mass is 580 g/mol. The fraction of sp³-hybridized carbons (Fsp3) is 0.974. The lowest BCUT2D eigenvalue weighted by molar-refractivity contribution is -0.144. The van der Waals surface area contributed by atoms with Gasteiger partial charge in [0.25, 0.3) is 0 Å². The van der Waals surface area contributed by atoms with Gasteiger partial charge < -0.3 is 10.8 Å². The summed E-state index contributed by atoms with van der Waals surface area (Å²) in [6.45, 7) is 4.57. The van der Waals surface area contributed by atoms with E-state index in [1.807, 2.05) is 0 Å². The molecule has 41 heavy (non-hydrogen) atoms. The summed E-state index contributed by atoms with van der Waals surface area (Å²) in [6, 6.07) is 0. The highest BCUT2D eigenvalue weighted by Gasteiger charge is 2.32. The summed E-state index contributed by atoms with van der Waals surface area (Å²) < 4.78 is 0. The number of unbranched alkanes of at least 4 members (excludes halogenated alkanes) is 30. The molecule has 0 radical (unpaired) electrons. The van der Waals surface area contributed by atoms with E-state index in [9.17, 15) is 9.90 Å². The number of nitrogens with two attached hydrogens (primary N) is 1. The van der Waals surface area contributed by atoms with E-state index in [0.29, 0.717) is 12.8 Å². The minimum absolute atomic E-state index is 0.638. The Labute approximate surface area is 259 Å². The van der Waals surface area contributed by atoms with Crippen LogP contribution in [0.5, 0.6) is 0 Å². The molecular weight excluding hydrogens is 502 g/mol. The number of carbonyl (C=O) groups is 1. The van der Waals surface area contributed by atoms with Gasteiger partial charge in [-0.2, -0.15) is 0 Å². The predicted octanol–water partition coefficient (Wildman–Crippen LogP) is 13.1. The van der Waals surface area contributed by atoms with E-state index in [2.05, 4.69) is 13.8 Å². The van der Waals surface area contributed by atoms with Crippen LogP contribution in [-0.2, 0) is 4.79 Å². The molecule has 0 bridgehead atoms. The van der Waals surface area contributed by atoms with Crippen molar-refractivity contribution in [3.05, 3.63) is 0 Å². The SMILES string of the molecule is CCCCCCCCCCCCCCCCCCC(N)(CCCCCCCCCCCCCCCCCC)C(=O)O. The summed E-state index contributed by atoms with van der Waals surface area (Å²) >= 11 is 0. The summed E-state index contributed by atoms with van der Waals surface area (Å²) in [4.78, 5) is 11.9. The van der Waals surface area contributed by atoms with Crippen molar-refractivity contribution in [2.75, 3.05) is 0 Å². The van der Waals surface area contributed by atoms with Crippen molar-refractivity contribution in [3.63, 3.8) is 0 Å². The molecule has 0 spiro atoms. The molecule has 0 saturated carbocycles. The lowest BCUT2D eigenvalue weighted by Crippen LogP contribution is -2.47. The quantitative estimate of drug-likeness (QED) is 0.0734. The fourth-order valence-corrected chi connectivity index (χ4v) is 6.32. The minimum Gasteiger partial charge on any atom is -0.480 e. The third-order valence-electron chi connectivity index (χ3n) is 9.38. The molecule has 0 aromatic carbocycles. The van der Waals surface area contributed by atoms with E-state index >= 15 is 0 Å². The Bertz CT molecular complexity index is 484. The van der Waals surface area contributed by atoms with Crippen molar-refractivity contribution in [2.24, 2.45) is 5.73 Å². The van der Waals surface area contributed by atoms with E-state index in [-0.39, 0.29) is 0 Å². The zero-order valence-corrected chi connectivity index (χ0v) is 28.5. The Morgan fingerprint density at radius 3 is 0.732 bits per heavy atom. The normalized spacial score (nSPS) is 11.9. The van der Waals surface area contributed by atoms with Crippen LogP contribution in [0.3, 0.4) is 0 Å². The highest BCUT2D eigenvalue weighted by Crippen LogP contribution is 2.22. The lowest BCUT2D eigenvalue weighted by Gasteiger charge is -2.24. The first kappa shape index (κ1) is 40.4. The van der Waals surface area contributed by atoms with Crippen LogP contribution in [0.4, 0.5) is 0 Å². The molecule has 3 heteroatoms. The zero-order chi connectivity index (χ0) is 30.1. The van der Waals surface area contributed by atoms with Gasteiger partial charge in [-0.05, 0) is 12.8 Å². The maximum absolute atomic E-state index is 11.9. The van der Waals surface area contributed by atoms with E-state index in [0.717, 1.165) is 25.7 Å². The summed E-state index contributed by atoms with van der Waals surface area (Å²) in [5, 5.41) is 9.76. The Balaban J connectivity index is 3.51. The summed E-state index contributed by atoms with van der Waals surface area (Å²) in [6.07, 6.45) is 44.1. The second-order valence-electron chi connectivity index (χ2n) is 13.6. The largest absolute Gasteiger partial charge is 0.480 e. The molecule has 0 aliphatic rings. The van der Waals surface area contributed by atoms with Gasteiger partial charge in [-0.25, -0.2) is 0 Å². The van der Waals surface area contributed by atoms with Gasteiger partial charge in [0.1, 0.15) is 5.54 Å². The fourth-order valence-electron chi connectivity index (χ4n) is 6.32. The van der Waals surface area contributed by atoms with Crippen molar-refractivity contribution < 1.29 is 9.90 Å². The van der Waals surface area contributed by atoms with Crippen LogP contribution in [0.25, 0.3) is 0 Å². The maximum atomic E-state index is 11.9. The molecule has 0 aromatic heterocycles. The topological polar surface area (TPSA) is 63.3 Å². The Kier molecular flexibility index (Phi) is 31.9. The van der Waals surface area contributed by atoms with E-state index in [1.54, 1.807) is 0 Å². The molecule has 0 aliphatic carbocycles. The molecule has 0 fully saturated rings. The van der Waals surface area contributed by atoms with Crippen molar-refractivity contribution in [1.29, 1.82) is 0 Å². The van der Waals surface area contributed by atoms with Crippen LogP contribution in [-0.4, -0.2) is 16.6 Å². The van der Waals surface area contributed by atoms with Crippen LogP contribution < -0.4 is 5.73 Å². The van der Waals surface area contributed by atoms with E-state index in [4.69, 9.17) is 5.73 Å². The van der Waals surface area contributed by atoms with Crippen molar-refractivity contribution in [3.8, 4) is 0 Å². The van der Waals surface area contributed by atoms with Gasteiger partial charge in [-0.1, -0.05) is 219 Å². The smallest absolute Gasteiger partial charge is 0.323 e. The molecular formula is C38H77NO2. The van der Waals surface area contributed by atoms with E-state index in [1.165, 1.54) is 180 Å². The van der Waals surface area contributed by atoms with Crippen LogP contribution >= 0.6 is 0 Å². The van der Waals surface area contributed by atoms with Crippen LogP contribution in [0.15, 0.2) is 0 Å². The van der Waals surface area contributed by atoms with Gasteiger partial charge in [0, 0.05) is 0 Å². The maximum Gasteiger partial charge on any atom is 0.323 e. The molecule has 3 nitrogen and oxygen atoms in total. The molecule has 0 unspecified atom stereocenters. The number of carboxylic acid groups (broad SMARTS) is 1. The summed E-state index contributed by atoms with van der Waals surface area (Å²) in [7, 11) is 0. The van der Waals surface area contributed by atoms with Crippen molar-refractivity contribution in [1.82, 2.24) is 0 Å². The molecule has 0 amide bonds. The van der Waals surface area contributed by atoms with Crippen LogP contribution in [0, 0.1) is 0 Å². The Hall–Kier alpha value is -0.570. The standard InChI is InChI=1S/C38H77NO2/c1-3-5-7-9-11-13-15-17-19-21-23-25-27-29-31-33-35-38(39,37(40)41)36-34-32-30-28-26-24-22-20-18-16-14-12-10-8-6-4-2/h3-36,39H2,1-2H3,(H,40,41). The molecule has 246 valence electrons. The first-order valence-electron chi connectivity index (χ1n) is 19.1. The number of hydrogen-bond acceptors (Lipinski definition) is 2. The van der Waals surface area contributed by atoms with Crippen LogP contribution in [0.2, 0.25) is 0 Å². The number of aliphatic carboxylic acids is 1. The van der Waals surface area contributed by atoms with Crippen LogP contribution in [0.1, 0.15) is 232 Å². The number of carboxylic acids is 1. The van der Waals surface area contributed by atoms with Gasteiger partial charge in [0.15, 0.2) is 0 Å². The summed E-state index contributed by atoms with van der Waals surface area (Å²) in [5.74, 6) is -0.792. The number of rotatable bonds is 35. The Morgan fingerprint density at radius 1 is 0.390 bits per heavy atom. The second kappa shape index (κ2) is 32.3. The molecule has 0 atom stereocenters. The average molecular weight is 580 g/mol. The zero-order valence-electron chi connectivity index (χ0n) is 28.5. The molecule has 0 aromatic rings. The minimum atomic E-state index is -1.01.